The van der Waals surface area contributed by atoms with E-state index in [1.54, 1.807) is 49.6 Å². The third kappa shape index (κ3) is 5.33. The van der Waals surface area contributed by atoms with Gasteiger partial charge in [-0.1, -0.05) is 12.1 Å². The number of amides is 3. The first-order valence-electron chi connectivity index (χ1n) is 11.7. The quantitative estimate of drug-likeness (QED) is 0.658. The maximum absolute atomic E-state index is 13.3. The third-order valence-corrected chi connectivity index (χ3v) is 7.52. The lowest BCUT2D eigenvalue weighted by Gasteiger charge is -2.39. The Hall–Kier alpha value is -2.33. The lowest BCUT2D eigenvalue weighted by molar-refractivity contribution is -0.141. The fourth-order valence-corrected chi connectivity index (χ4v) is 5.93. The summed E-state index contributed by atoms with van der Waals surface area (Å²) in [6, 6.07) is 4.97. The average Bonchev–Trinajstić information content (AvgIpc) is 3.48. The van der Waals surface area contributed by atoms with Crippen molar-refractivity contribution in [1.29, 1.82) is 0 Å². The number of hydrogen-bond acceptors (Lipinski definition) is 6. The Bertz CT molecular complexity index is 932. The Morgan fingerprint density at radius 1 is 1.26 bits per heavy atom. The number of carbonyl (C=O) groups is 3. The highest BCUT2D eigenvalue weighted by Crippen LogP contribution is 2.38. The molecule has 8 nitrogen and oxygen atoms in total. The fraction of sp³-hybridized carbons (Fsp3) is 0.625. The first-order valence-corrected chi connectivity index (χ1v) is 12.9. The molecule has 4 rings (SSSR count). The fourth-order valence-electron chi connectivity index (χ4n) is 4.98. The standard InChI is InChI=1S/C24H33FN4O4S/c1-15(16-5-7-17(25)8-6-16)29-18-11-20(22(29)31)28(12-18)13-19(21(30)27-9-10-34-14-27)26-23(32)33-24(2,3)4/h5-8,15,18-20H,9-14H2,1-4H3,(H,26,32)/t15-,18+,19-,20+/m0/s1. The van der Waals surface area contributed by atoms with Crippen LogP contribution in [0.5, 0.6) is 0 Å². The van der Waals surface area contributed by atoms with E-state index in [4.69, 9.17) is 4.74 Å². The van der Waals surface area contributed by atoms with Gasteiger partial charge < -0.3 is 19.9 Å². The zero-order chi connectivity index (χ0) is 24.6. The van der Waals surface area contributed by atoms with Crippen LogP contribution < -0.4 is 5.32 Å². The number of hydrogen-bond donors (Lipinski definition) is 1. The molecule has 3 aliphatic rings. The van der Waals surface area contributed by atoms with Crippen LogP contribution in [0, 0.1) is 5.82 Å². The van der Waals surface area contributed by atoms with Crippen molar-refractivity contribution in [2.75, 3.05) is 31.3 Å². The number of nitrogens with zero attached hydrogens (tertiary/aromatic N) is 3. The van der Waals surface area contributed by atoms with E-state index in [9.17, 15) is 18.8 Å². The van der Waals surface area contributed by atoms with Gasteiger partial charge in [0.2, 0.25) is 11.8 Å². The Morgan fingerprint density at radius 3 is 2.56 bits per heavy atom. The SMILES string of the molecule is C[C@@H](c1ccc(F)cc1)N1C(=O)[C@H]2C[C@@H]1CN2C[C@H](NC(=O)OC(C)(C)C)C(=O)N1CCSC1. The van der Waals surface area contributed by atoms with Gasteiger partial charge in [0.25, 0.3) is 0 Å². The number of benzene rings is 1. The largest absolute Gasteiger partial charge is 0.444 e. The van der Waals surface area contributed by atoms with Gasteiger partial charge in [0.1, 0.15) is 17.5 Å². The number of likely N-dealkylation sites (tertiary alicyclic amines) is 2. The van der Waals surface area contributed by atoms with Crippen molar-refractivity contribution in [3.63, 3.8) is 0 Å². The zero-order valence-electron chi connectivity index (χ0n) is 20.1. The van der Waals surface area contributed by atoms with E-state index in [0.717, 1.165) is 11.3 Å². The lowest BCUT2D eigenvalue weighted by atomic mass is 10.1. The summed E-state index contributed by atoms with van der Waals surface area (Å²) >= 11 is 1.68. The molecule has 1 aromatic rings. The van der Waals surface area contributed by atoms with Crippen molar-refractivity contribution >= 4 is 29.7 Å². The van der Waals surface area contributed by atoms with Crippen molar-refractivity contribution in [1.82, 2.24) is 20.0 Å². The molecule has 0 radical (unpaired) electrons. The van der Waals surface area contributed by atoms with Crippen LogP contribution in [-0.2, 0) is 14.3 Å². The molecule has 10 heteroatoms. The van der Waals surface area contributed by atoms with Gasteiger partial charge in [-0.2, -0.15) is 0 Å². The zero-order valence-corrected chi connectivity index (χ0v) is 20.9. The molecular weight excluding hydrogens is 459 g/mol. The highest BCUT2D eigenvalue weighted by molar-refractivity contribution is 7.99. The van der Waals surface area contributed by atoms with Gasteiger partial charge in [0, 0.05) is 31.4 Å². The Morgan fingerprint density at radius 2 is 1.97 bits per heavy atom. The summed E-state index contributed by atoms with van der Waals surface area (Å²) in [7, 11) is 0. The van der Waals surface area contributed by atoms with Crippen LogP contribution in [0.25, 0.3) is 0 Å². The minimum Gasteiger partial charge on any atom is -0.444 e. The highest BCUT2D eigenvalue weighted by Gasteiger charge is 2.52. The molecule has 1 aromatic carbocycles. The minimum absolute atomic E-state index is 0.00766. The summed E-state index contributed by atoms with van der Waals surface area (Å²) in [5.74, 6) is 1.02. The van der Waals surface area contributed by atoms with Gasteiger partial charge in [0.15, 0.2) is 0 Å². The van der Waals surface area contributed by atoms with E-state index in [1.165, 1.54) is 12.1 Å². The number of rotatable bonds is 6. The van der Waals surface area contributed by atoms with Gasteiger partial charge in [-0.3, -0.25) is 14.5 Å². The first kappa shape index (κ1) is 24.8. The van der Waals surface area contributed by atoms with E-state index >= 15 is 0 Å². The van der Waals surface area contributed by atoms with Crippen LogP contribution in [0.4, 0.5) is 9.18 Å². The van der Waals surface area contributed by atoms with Crippen LogP contribution in [0.15, 0.2) is 24.3 Å². The summed E-state index contributed by atoms with van der Waals surface area (Å²) in [4.78, 5) is 44.6. The number of alkyl carbamates (subject to hydrolysis) is 1. The summed E-state index contributed by atoms with van der Waals surface area (Å²) in [5.41, 5.74) is 0.209. The molecule has 34 heavy (non-hydrogen) atoms. The molecule has 0 aromatic heterocycles. The van der Waals surface area contributed by atoms with Gasteiger partial charge in [-0.25, -0.2) is 9.18 Å². The van der Waals surface area contributed by atoms with Crippen LogP contribution in [0.2, 0.25) is 0 Å². The van der Waals surface area contributed by atoms with E-state index in [0.29, 0.717) is 25.4 Å². The van der Waals surface area contributed by atoms with Crippen molar-refractivity contribution < 1.29 is 23.5 Å². The number of nitrogens with one attached hydrogen (secondary N) is 1. The van der Waals surface area contributed by atoms with Gasteiger partial charge >= 0.3 is 6.09 Å². The number of ether oxygens (including phenoxy) is 1. The van der Waals surface area contributed by atoms with Crippen molar-refractivity contribution in [3.05, 3.63) is 35.6 Å². The molecule has 0 saturated carbocycles. The normalized spacial score (nSPS) is 24.4. The molecular formula is C24H33FN4O4S. The predicted octanol–water partition coefficient (Wildman–Crippen LogP) is 2.60. The minimum atomic E-state index is -0.788. The van der Waals surface area contributed by atoms with E-state index in [2.05, 4.69) is 5.32 Å². The molecule has 1 N–H and O–H groups in total. The highest BCUT2D eigenvalue weighted by atomic mass is 32.2. The molecule has 4 atom stereocenters. The van der Waals surface area contributed by atoms with Crippen LogP contribution >= 0.6 is 11.8 Å². The second-order valence-corrected chi connectivity index (χ2v) is 11.2. The average molecular weight is 493 g/mol. The van der Waals surface area contributed by atoms with Gasteiger partial charge in [0.05, 0.1) is 18.0 Å². The van der Waals surface area contributed by atoms with Crippen molar-refractivity contribution in [2.24, 2.45) is 0 Å². The van der Waals surface area contributed by atoms with E-state index < -0.39 is 17.7 Å². The topological polar surface area (TPSA) is 82.2 Å². The van der Waals surface area contributed by atoms with Crippen LogP contribution in [-0.4, -0.2) is 87.6 Å². The Kier molecular flexibility index (Phi) is 7.09. The Balaban J connectivity index is 1.44. The maximum Gasteiger partial charge on any atom is 0.408 e. The number of piperazine rings is 1. The monoisotopic (exact) mass is 492 g/mol. The molecule has 0 spiro atoms. The summed E-state index contributed by atoms with van der Waals surface area (Å²) < 4.78 is 18.7. The second-order valence-electron chi connectivity index (χ2n) is 10.2. The number of halogens is 1. The number of thioether (sulfide) groups is 1. The molecule has 3 amide bonds. The summed E-state index contributed by atoms with van der Waals surface area (Å²) in [5, 5.41) is 2.75. The molecule has 0 unspecified atom stereocenters. The summed E-state index contributed by atoms with van der Waals surface area (Å²) in [6.07, 6.45) is 0.0389. The van der Waals surface area contributed by atoms with E-state index in [1.807, 2.05) is 16.7 Å². The third-order valence-electron chi connectivity index (χ3n) is 6.55. The summed E-state index contributed by atoms with van der Waals surface area (Å²) in [6.45, 7) is 8.80. The maximum atomic E-state index is 13.3. The molecule has 3 saturated heterocycles. The molecule has 3 heterocycles. The van der Waals surface area contributed by atoms with Crippen LogP contribution in [0.3, 0.4) is 0 Å². The predicted molar refractivity (Wildman–Crippen MR) is 128 cm³/mol. The second kappa shape index (κ2) is 9.73. The molecule has 2 bridgehead atoms. The van der Waals surface area contributed by atoms with Gasteiger partial charge in [-0.05, 0) is 51.8 Å². The molecule has 186 valence electrons. The Labute approximate surface area is 204 Å². The van der Waals surface area contributed by atoms with Gasteiger partial charge in [-0.15, -0.1) is 11.8 Å². The lowest BCUT2D eigenvalue weighted by Crippen LogP contribution is -2.58. The van der Waals surface area contributed by atoms with Crippen molar-refractivity contribution in [3.8, 4) is 0 Å². The molecule has 3 aliphatic heterocycles. The molecule has 3 fully saturated rings. The number of fused-ring (bicyclic) bond motifs is 2. The first-order chi connectivity index (χ1) is 16.0. The smallest absolute Gasteiger partial charge is 0.408 e. The van der Waals surface area contributed by atoms with Crippen molar-refractivity contribution in [2.45, 2.75) is 63.9 Å². The van der Waals surface area contributed by atoms with Crippen LogP contribution in [0.1, 0.15) is 45.7 Å². The van der Waals surface area contributed by atoms with E-state index in [-0.39, 0.29) is 42.3 Å². The molecule has 0 aliphatic carbocycles. The number of carbonyl (C=O) groups excluding carboxylic acids is 3.